The summed E-state index contributed by atoms with van der Waals surface area (Å²) in [5.74, 6) is 0. The van der Waals surface area contributed by atoms with Crippen molar-refractivity contribution in [1.29, 1.82) is 0 Å². The van der Waals surface area contributed by atoms with E-state index in [1.165, 1.54) is 25.7 Å². The normalized spacial score (nSPS) is 34.1. The Labute approximate surface area is 104 Å². The summed E-state index contributed by atoms with van der Waals surface area (Å²) in [5, 5.41) is 0. The van der Waals surface area contributed by atoms with Gasteiger partial charge in [-0.05, 0) is 19.8 Å². The van der Waals surface area contributed by atoms with Crippen LogP contribution >= 0.6 is 0 Å². The number of ether oxygens (including phenoxy) is 2. The zero-order chi connectivity index (χ0) is 12.3. The van der Waals surface area contributed by atoms with E-state index < -0.39 is 0 Å². The van der Waals surface area contributed by atoms with Gasteiger partial charge in [0.15, 0.2) is 0 Å². The first-order valence-electron chi connectivity index (χ1n) is 6.78. The first-order valence-corrected chi connectivity index (χ1v) is 6.78. The maximum atomic E-state index is 5.98. The fraction of sp³-hybridized carbons (Fsp3) is 1.00. The molecule has 0 spiro atoms. The lowest BCUT2D eigenvalue weighted by Crippen LogP contribution is -2.65. The molecule has 1 aliphatic heterocycles. The van der Waals surface area contributed by atoms with Gasteiger partial charge in [0.05, 0.1) is 24.9 Å². The summed E-state index contributed by atoms with van der Waals surface area (Å²) in [5.41, 5.74) is 5.94. The number of methoxy groups -OCH3 is 1. The molecule has 3 atom stereocenters. The lowest BCUT2D eigenvalue weighted by molar-refractivity contribution is -0.132. The van der Waals surface area contributed by atoms with E-state index in [0.717, 1.165) is 13.2 Å². The molecule has 100 valence electrons. The molecule has 4 nitrogen and oxygen atoms in total. The van der Waals surface area contributed by atoms with Gasteiger partial charge in [-0.15, -0.1) is 0 Å². The van der Waals surface area contributed by atoms with Crippen molar-refractivity contribution in [3.8, 4) is 0 Å². The number of fused-ring (bicyclic) bond motifs is 1. The highest BCUT2D eigenvalue weighted by Gasteiger charge is 2.42. The molecular weight excluding hydrogens is 216 g/mol. The minimum Gasteiger partial charge on any atom is -0.383 e. The Bertz CT molecular complexity index is 248. The minimum atomic E-state index is -0.0429. The van der Waals surface area contributed by atoms with Crippen LogP contribution in [0.2, 0.25) is 0 Å². The number of hydrogen-bond acceptors (Lipinski definition) is 4. The van der Waals surface area contributed by atoms with Gasteiger partial charge in [-0.2, -0.15) is 0 Å². The first-order chi connectivity index (χ1) is 8.21. The SMILES string of the molecule is COCC(C)(CN)N1CCOC2CCCCC21. The second-order valence-corrected chi connectivity index (χ2v) is 5.59. The van der Waals surface area contributed by atoms with Crippen molar-refractivity contribution in [2.24, 2.45) is 5.73 Å². The molecule has 2 fully saturated rings. The Kier molecular flexibility index (Phi) is 4.42. The molecule has 4 heteroatoms. The largest absolute Gasteiger partial charge is 0.383 e. The number of hydrogen-bond donors (Lipinski definition) is 1. The Morgan fingerprint density at radius 1 is 1.41 bits per heavy atom. The van der Waals surface area contributed by atoms with Crippen LogP contribution in [-0.2, 0) is 9.47 Å². The molecule has 17 heavy (non-hydrogen) atoms. The Morgan fingerprint density at radius 3 is 2.88 bits per heavy atom. The average molecular weight is 242 g/mol. The predicted molar refractivity (Wildman–Crippen MR) is 68.0 cm³/mol. The van der Waals surface area contributed by atoms with Crippen molar-refractivity contribution in [2.45, 2.75) is 50.3 Å². The number of rotatable bonds is 4. The fourth-order valence-corrected chi connectivity index (χ4v) is 3.34. The standard InChI is InChI=1S/C13H26N2O2/c1-13(9-14,10-16-2)15-7-8-17-12-6-4-3-5-11(12)15/h11-12H,3-10,14H2,1-2H3. The van der Waals surface area contributed by atoms with Crippen LogP contribution < -0.4 is 5.73 Å². The van der Waals surface area contributed by atoms with Gasteiger partial charge in [0.2, 0.25) is 0 Å². The van der Waals surface area contributed by atoms with Crippen molar-refractivity contribution in [3.63, 3.8) is 0 Å². The highest BCUT2D eigenvalue weighted by atomic mass is 16.5. The molecule has 0 amide bonds. The summed E-state index contributed by atoms with van der Waals surface area (Å²) in [4.78, 5) is 2.55. The summed E-state index contributed by atoms with van der Waals surface area (Å²) < 4.78 is 11.3. The van der Waals surface area contributed by atoms with Crippen molar-refractivity contribution in [2.75, 3.05) is 33.4 Å². The molecule has 1 saturated heterocycles. The molecule has 2 rings (SSSR count). The molecule has 3 unspecified atom stereocenters. The average Bonchev–Trinajstić information content (AvgIpc) is 2.38. The van der Waals surface area contributed by atoms with Crippen LogP contribution in [0.5, 0.6) is 0 Å². The van der Waals surface area contributed by atoms with Crippen molar-refractivity contribution >= 4 is 0 Å². The predicted octanol–water partition coefficient (Wildman–Crippen LogP) is 0.994. The van der Waals surface area contributed by atoms with Crippen molar-refractivity contribution < 1.29 is 9.47 Å². The summed E-state index contributed by atoms with van der Waals surface area (Å²) >= 11 is 0. The second-order valence-electron chi connectivity index (χ2n) is 5.59. The van der Waals surface area contributed by atoms with E-state index in [1.54, 1.807) is 7.11 Å². The quantitative estimate of drug-likeness (QED) is 0.799. The second kappa shape index (κ2) is 5.65. The zero-order valence-electron chi connectivity index (χ0n) is 11.2. The van der Waals surface area contributed by atoms with Gasteiger partial charge in [-0.1, -0.05) is 12.8 Å². The molecule has 0 aromatic heterocycles. The van der Waals surface area contributed by atoms with E-state index in [9.17, 15) is 0 Å². The van der Waals surface area contributed by atoms with Crippen LogP contribution in [-0.4, -0.2) is 56.0 Å². The van der Waals surface area contributed by atoms with Crippen molar-refractivity contribution in [3.05, 3.63) is 0 Å². The van der Waals surface area contributed by atoms with Crippen LogP contribution in [0.25, 0.3) is 0 Å². The van der Waals surface area contributed by atoms with Gasteiger partial charge in [-0.3, -0.25) is 4.90 Å². The highest BCUT2D eigenvalue weighted by molar-refractivity contribution is 4.97. The molecule has 0 radical (unpaired) electrons. The summed E-state index contributed by atoms with van der Waals surface area (Å²) in [7, 11) is 1.76. The van der Waals surface area contributed by atoms with Gasteiger partial charge in [0, 0.05) is 26.2 Å². The molecule has 0 aromatic carbocycles. The summed E-state index contributed by atoms with van der Waals surface area (Å²) in [6.45, 7) is 5.38. The van der Waals surface area contributed by atoms with E-state index in [4.69, 9.17) is 15.2 Å². The Balaban J connectivity index is 2.11. The van der Waals surface area contributed by atoms with Gasteiger partial charge in [0.1, 0.15) is 0 Å². The minimum absolute atomic E-state index is 0.0429. The van der Waals surface area contributed by atoms with Gasteiger partial charge < -0.3 is 15.2 Å². The molecule has 2 aliphatic rings. The van der Waals surface area contributed by atoms with Gasteiger partial charge in [0.25, 0.3) is 0 Å². The third-order valence-corrected chi connectivity index (χ3v) is 4.32. The highest BCUT2D eigenvalue weighted by Crippen LogP contribution is 2.32. The lowest BCUT2D eigenvalue weighted by atomic mass is 9.86. The first kappa shape index (κ1) is 13.3. The fourth-order valence-electron chi connectivity index (χ4n) is 3.34. The third-order valence-electron chi connectivity index (χ3n) is 4.32. The van der Waals surface area contributed by atoms with Crippen molar-refractivity contribution in [1.82, 2.24) is 4.90 Å². The Hall–Kier alpha value is -0.160. The van der Waals surface area contributed by atoms with E-state index in [-0.39, 0.29) is 5.54 Å². The zero-order valence-corrected chi connectivity index (χ0v) is 11.2. The number of nitrogens with two attached hydrogens (primary N) is 1. The monoisotopic (exact) mass is 242 g/mol. The maximum Gasteiger partial charge on any atom is 0.0731 e. The van der Waals surface area contributed by atoms with Crippen LogP contribution in [0, 0.1) is 0 Å². The van der Waals surface area contributed by atoms with Crippen LogP contribution in [0.3, 0.4) is 0 Å². The van der Waals surface area contributed by atoms with Crippen LogP contribution in [0.15, 0.2) is 0 Å². The molecule has 1 heterocycles. The van der Waals surface area contributed by atoms with Crippen LogP contribution in [0.4, 0.5) is 0 Å². The summed E-state index contributed by atoms with van der Waals surface area (Å²) in [6, 6.07) is 0.543. The van der Waals surface area contributed by atoms with E-state index in [0.29, 0.717) is 25.3 Å². The van der Waals surface area contributed by atoms with Crippen LogP contribution in [0.1, 0.15) is 32.6 Å². The maximum absolute atomic E-state index is 5.98. The molecule has 2 N–H and O–H groups in total. The van der Waals surface area contributed by atoms with Gasteiger partial charge >= 0.3 is 0 Å². The van der Waals surface area contributed by atoms with E-state index in [1.807, 2.05) is 0 Å². The molecule has 0 bridgehead atoms. The summed E-state index contributed by atoms with van der Waals surface area (Å²) in [6.07, 6.45) is 5.48. The van der Waals surface area contributed by atoms with E-state index in [2.05, 4.69) is 11.8 Å². The Morgan fingerprint density at radius 2 is 2.18 bits per heavy atom. The molecule has 1 aliphatic carbocycles. The number of nitrogens with zero attached hydrogens (tertiary/aromatic N) is 1. The smallest absolute Gasteiger partial charge is 0.0731 e. The topological polar surface area (TPSA) is 47.7 Å². The van der Waals surface area contributed by atoms with Gasteiger partial charge in [-0.25, -0.2) is 0 Å². The molecule has 1 saturated carbocycles. The molecule has 0 aromatic rings. The van der Waals surface area contributed by atoms with E-state index >= 15 is 0 Å². The lowest BCUT2D eigenvalue weighted by Gasteiger charge is -2.51. The number of morpholine rings is 1. The third kappa shape index (κ3) is 2.65. The molecular formula is C13H26N2O2.